The standard InChI is InChI=1S/C26H33N5O4/c1-19-5-2-7-21(15-19)28-24(32)18-30-10-12-31(13-11-30)26(27-17-23-9-4-14-35-23)29-22-8-3-6-20(16-22)25(33)34/h2-3,5-8,15-16,23H,4,9-14,17-18H2,1H3,(H,27,29)(H,28,32)(H,33,34). The van der Waals surface area contributed by atoms with Crippen molar-refractivity contribution in [3.63, 3.8) is 0 Å². The number of carbonyl (C=O) groups excluding carboxylic acids is 1. The molecular weight excluding hydrogens is 446 g/mol. The van der Waals surface area contributed by atoms with Gasteiger partial charge in [-0.1, -0.05) is 18.2 Å². The van der Waals surface area contributed by atoms with Crippen LogP contribution in [0.25, 0.3) is 0 Å². The quantitative estimate of drug-likeness (QED) is 0.414. The lowest BCUT2D eigenvalue weighted by Crippen LogP contribution is -2.52. The van der Waals surface area contributed by atoms with Crippen LogP contribution in [-0.2, 0) is 9.53 Å². The molecule has 2 heterocycles. The molecule has 2 fully saturated rings. The Balaban J connectivity index is 1.36. The molecule has 2 aliphatic heterocycles. The molecule has 1 atom stereocenters. The molecule has 4 rings (SSSR count). The molecule has 0 saturated carbocycles. The van der Waals surface area contributed by atoms with Gasteiger partial charge in [0.15, 0.2) is 5.96 Å². The number of amides is 1. The molecule has 0 radical (unpaired) electrons. The molecule has 1 unspecified atom stereocenters. The molecule has 0 aliphatic carbocycles. The third-order valence-corrected chi connectivity index (χ3v) is 6.18. The molecule has 9 nitrogen and oxygen atoms in total. The van der Waals surface area contributed by atoms with Gasteiger partial charge >= 0.3 is 5.97 Å². The van der Waals surface area contributed by atoms with Crippen LogP contribution in [0.15, 0.2) is 53.5 Å². The number of hydrogen-bond donors (Lipinski definition) is 3. The number of hydrogen-bond acceptors (Lipinski definition) is 5. The minimum absolute atomic E-state index is 0.0278. The Morgan fingerprint density at radius 1 is 1.06 bits per heavy atom. The van der Waals surface area contributed by atoms with E-state index in [1.165, 1.54) is 0 Å². The summed E-state index contributed by atoms with van der Waals surface area (Å²) in [5, 5.41) is 15.6. The van der Waals surface area contributed by atoms with E-state index in [2.05, 4.69) is 20.4 Å². The highest BCUT2D eigenvalue weighted by Gasteiger charge is 2.23. The monoisotopic (exact) mass is 479 g/mol. The maximum atomic E-state index is 12.5. The third kappa shape index (κ3) is 7.27. The van der Waals surface area contributed by atoms with Crippen LogP contribution in [0.2, 0.25) is 0 Å². The van der Waals surface area contributed by atoms with Gasteiger partial charge in [0, 0.05) is 44.2 Å². The molecular formula is C26H33N5O4. The number of aliphatic imine (C=N–C) groups is 1. The number of guanidine groups is 1. The number of carbonyl (C=O) groups is 2. The summed E-state index contributed by atoms with van der Waals surface area (Å²) in [6, 6.07) is 14.5. The zero-order chi connectivity index (χ0) is 24.6. The summed E-state index contributed by atoms with van der Waals surface area (Å²) in [4.78, 5) is 33.0. The number of anilines is 2. The summed E-state index contributed by atoms with van der Waals surface area (Å²) in [6.45, 7) is 6.50. The van der Waals surface area contributed by atoms with E-state index in [9.17, 15) is 14.7 Å². The van der Waals surface area contributed by atoms with Crippen LogP contribution in [0.1, 0.15) is 28.8 Å². The lowest BCUT2D eigenvalue weighted by molar-refractivity contribution is -0.117. The number of aryl methyl sites for hydroxylation is 1. The van der Waals surface area contributed by atoms with E-state index in [0.29, 0.717) is 37.8 Å². The zero-order valence-electron chi connectivity index (χ0n) is 20.1. The van der Waals surface area contributed by atoms with Crippen molar-refractivity contribution in [2.24, 2.45) is 4.99 Å². The maximum absolute atomic E-state index is 12.5. The summed E-state index contributed by atoms with van der Waals surface area (Å²) < 4.78 is 5.72. The minimum Gasteiger partial charge on any atom is -0.478 e. The number of benzene rings is 2. The average molecular weight is 480 g/mol. The van der Waals surface area contributed by atoms with Gasteiger partial charge in [-0.05, 0) is 55.7 Å². The number of nitrogens with one attached hydrogen (secondary N) is 2. The number of nitrogens with zero attached hydrogens (tertiary/aromatic N) is 3. The van der Waals surface area contributed by atoms with Gasteiger partial charge in [-0.2, -0.15) is 0 Å². The molecule has 3 N–H and O–H groups in total. The summed E-state index contributed by atoms with van der Waals surface area (Å²) >= 11 is 0. The van der Waals surface area contributed by atoms with Crippen LogP contribution >= 0.6 is 0 Å². The molecule has 35 heavy (non-hydrogen) atoms. The van der Waals surface area contributed by atoms with Gasteiger partial charge in [-0.25, -0.2) is 4.79 Å². The van der Waals surface area contributed by atoms with Crippen molar-refractivity contribution in [3.8, 4) is 0 Å². The Labute approximate surface area is 205 Å². The highest BCUT2D eigenvalue weighted by atomic mass is 16.5. The van der Waals surface area contributed by atoms with E-state index in [1.807, 2.05) is 37.3 Å². The van der Waals surface area contributed by atoms with Crippen LogP contribution in [0.3, 0.4) is 0 Å². The van der Waals surface area contributed by atoms with Gasteiger partial charge in [0.25, 0.3) is 0 Å². The molecule has 0 aromatic heterocycles. The normalized spacial score (nSPS) is 18.9. The average Bonchev–Trinajstić information content (AvgIpc) is 3.36. The first-order chi connectivity index (χ1) is 17.0. The number of piperazine rings is 1. The van der Waals surface area contributed by atoms with E-state index in [-0.39, 0.29) is 17.6 Å². The second-order valence-corrected chi connectivity index (χ2v) is 8.99. The van der Waals surface area contributed by atoms with Crippen LogP contribution < -0.4 is 10.6 Å². The zero-order valence-corrected chi connectivity index (χ0v) is 20.1. The van der Waals surface area contributed by atoms with Gasteiger partial charge in [-0.3, -0.25) is 14.7 Å². The predicted molar refractivity (Wildman–Crippen MR) is 136 cm³/mol. The highest BCUT2D eigenvalue weighted by Crippen LogP contribution is 2.16. The largest absolute Gasteiger partial charge is 0.478 e. The Kier molecular flexibility index (Phi) is 8.33. The predicted octanol–water partition coefficient (Wildman–Crippen LogP) is 2.90. The second-order valence-electron chi connectivity index (χ2n) is 8.99. The van der Waals surface area contributed by atoms with Crippen molar-refractivity contribution in [3.05, 3.63) is 59.7 Å². The Bertz CT molecular complexity index is 1060. The molecule has 2 aliphatic rings. The SMILES string of the molecule is Cc1cccc(NC(=O)CN2CCN(C(=NCC3CCCO3)Nc3cccc(C(=O)O)c3)CC2)c1. The Morgan fingerprint density at radius 3 is 2.49 bits per heavy atom. The van der Waals surface area contributed by atoms with Crippen LogP contribution in [-0.4, -0.2) is 84.7 Å². The fourth-order valence-electron chi connectivity index (χ4n) is 4.30. The van der Waals surface area contributed by atoms with Crippen molar-refractivity contribution < 1.29 is 19.4 Å². The first-order valence-electron chi connectivity index (χ1n) is 12.1. The fraction of sp³-hybridized carbons (Fsp3) is 0.423. The Hall–Kier alpha value is -3.43. The van der Waals surface area contributed by atoms with E-state index in [1.54, 1.807) is 18.2 Å². The molecule has 0 bridgehead atoms. The van der Waals surface area contributed by atoms with Gasteiger partial charge in [0.1, 0.15) is 0 Å². The van der Waals surface area contributed by atoms with Gasteiger partial charge in [0.2, 0.25) is 5.91 Å². The van der Waals surface area contributed by atoms with Crippen molar-refractivity contribution in [2.45, 2.75) is 25.9 Å². The Morgan fingerprint density at radius 2 is 1.80 bits per heavy atom. The maximum Gasteiger partial charge on any atom is 0.335 e. The second kappa shape index (κ2) is 11.8. The number of aromatic carboxylic acids is 1. The van der Waals surface area contributed by atoms with E-state index >= 15 is 0 Å². The summed E-state index contributed by atoms with van der Waals surface area (Å²) in [7, 11) is 0. The van der Waals surface area contributed by atoms with Gasteiger partial charge < -0.3 is 25.4 Å². The lowest BCUT2D eigenvalue weighted by Gasteiger charge is -2.36. The molecule has 1 amide bonds. The highest BCUT2D eigenvalue weighted by molar-refractivity contribution is 5.96. The summed E-state index contributed by atoms with van der Waals surface area (Å²) in [5.74, 6) is -0.295. The van der Waals surface area contributed by atoms with Crippen molar-refractivity contribution in [1.82, 2.24) is 9.80 Å². The molecule has 2 aromatic rings. The van der Waals surface area contributed by atoms with Crippen LogP contribution in [0, 0.1) is 6.92 Å². The van der Waals surface area contributed by atoms with E-state index < -0.39 is 5.97 Å². The first-order valence-corrected chi connectivity index (χ1v) is 12.1. The van der Waals surface area contributed by atoms with Crippen molar-refractivity contribution >= 4 is 29.2 Å². The van der Waals surface area contributed by atoms with E-state index in [0.717, 1.165) is 43.8 Å². The molecule has 186 valence electrons. The molecule has 0 spiro atoms. The van der Waals surface area contributed by atoms with E-state index in [4.69, 9.17) is 9.73 Å². The molecule has 9 heteroatoms. The van der Waals surface area contributed by atoms with Crippen LogP contribution in [0.4, 0.5) is 11.4 Å². The summed E-state index contributed by atoms with van der Waals surface area (Å²) in [6.07, 6.45) is 2.16. The third-order valence-electron chi connectivity index (χ3n) is 6.18. The van der Waals surface area contributed by atoms with Crippen molar-refractivity contribution in [1.29, 1.82) is 0 Å². The first kappa shape index (κ1) is 24.7. The number of carboxylic acids is 1. The molecule has 2 aromatic carbocycles. The smallest absolute Gasteiger partial charge is 0.335 e. The van der Waals surface area contributed by atoms with Gasteiger partial charge in [0.05, 0.1) is 24.8 Å². The molecule has 2 saturated heterocycles. The fourth-order valence-corrected chi connectivity index (χ4v) is 4.30. The minimum atomic E-state index is -0.968. The van der Waals surface area contributed by atoms with Crippen LogP contribution in [0.5, 0.6) is 0 Å². The number of carboxylic acid groups (broad SMARTS) is 1. The number of ether oxygens (including phenoxy) is 1. The van der Waals surface area contributed by atoms with Crippen molar-refractivity contribution in [2.75, 3.05) is 56.5 Å². The topological polar surface area (TPSA) is 107 Å². The lowest BCUT2D eigenvalue weighted by atomic mass is 10.2. The summed E-state index contributed by atoms with van der Waals surface area (Å²) in [5.41, 5.74) is 2.81. The van der Waals surface area contributed by atoms with Gasteiger partial charge in [-0.15, -0.1) is 0 Å². The number of rotatable bonds is 7.